The second-order valence-electron chi connectivity index (χ2n) is 3.28. The van der Waals surface area contributed by atoms with Crippen molar-refractivity contribution in [3.8, 4) is 0 Å². The van der Waals surface area contributed by atoms with E-state index < -0.39 is 18.2 Å². The molecule has 1 aromatic rings. The van der Waals surface area contributed by atoms with Crippen molar-refractivity contribution in [2.75, 3.05) is 6.67 Å². The van der Waals surface area contributed by atoms with E-state index in [1.807, 2.05) is 0 Å². The number of hydrogen-bond donors (Lipinski definition) is 2. The van der Waals surface area contributed by atoms with Gasteiger partial charge >= 0.3 is 5.97 Å². The molecule has 0 heterocycles. The summed E-state index contributed by atoms with van der Waals surface area (Å²) in [5, 5.41) is 8.81. The van der Waals surface area contributed by atoms with Crippen LogP contribution in [0, 0.1) is 6.92 Å². The highest BCUT2D eigenvalue weighted by Crippen LogP contribution is 2.20. The monoisotopic (exact) mass is 197 g/mol. The van der Waals surface area contributed by atoms with E-state index in [1.54, 1.807) is 25.1 Å². The quantitative estimate of drug-likeness (QED) is 0.765. The molecule has 0 aliphatic carbocycles. The number of carboxylic acid groups (broad SMARTS) is 1. The Balaban J connectivity index is 3.19. The maximum Gasteiger partial charge on any atom is 0.331 e. The molecule has 3 nitrogen and oxygen atoms in total. The largest absolute Gasteiger partial charge is 0.480 e. The Morgan fingerprint density at radius 3 is 2.71 bits per heavy atom. The second kappa shape index (κ2) is 3.75. The third-order valence-corrected chi connectivity index (χ3v) is 2.13. The molecule has 1 aromatic carbocycles. The fourth-order valence-electron chi connectivity index (χ4n) is 1.18. The molecule has 1 rings (SSSR count). The SMILES string of the molecule is Cc1cccc(C(N)(CF)C(=O)O)c1. The molecule has 0 saturated carbocycles. The zero-order valence-corrected chi connectivity index (χ0v) is 7.83. The van der Waals surface area contributed by atoms with Gasteiger partial charge in [0.25, 0.3) is 0 Å². The van der Waals surface area contributed by atoms with Crippen molar-refractivity contribution in [1.29, 1.82) is 0 Å². The highest BCUT2D eigenvalue weighted by Gasteiger charge is 2.36. The van der Waals surface area contributed by atoms with Crippen LogP contribution in [0.2, 0.25) is 0 Å². The number of benzene rings is 1. The van der Waals surface area contributed by atoms with Crippen LogP contribution in [-0.2, 0) is 10.3 Å². The molecule has 0 aliphatic heterocycles. The lowest BCUT2D eigenvalue weighted by Crippen LogP contribution is -2.47. The summed E-state index contributed by atoms with van der Waals surface area (Å²) < 4.78 is 12.6. The first-order valence-corrected chi connectivity index (χ1v) is 4.16. The zero-order valence-electron chi connectivity index (χ0n) is 7.83. The Hall–Kier alpha value is -1.42. The van der Waals surface area contributed by atoms with E-state index >= 15 is 0 Å². The van der Waals surface area contributed by atoms with Crippen molar-refractivity contribution in [2.24, 2.45) is 5.73 Å². The molecule has 0 amide bonds. The van der Waals surface area contributed by atoms with Crippen LogP contribution in [-0.4, -0.2) is 17.8 Å². The van der Waals surface area contributed by atoms with Gasteiger partial charge in [0, 0.05) is 0 Å². The van der Waals surface area contributed by atoms with Crippen molar-refractivity contribution in [3.63, 3.8) is 0 Å². The summed E-state index contributed by atoms with van der Waals surface area (Å²) in [6.45, 7) is 0.676. The minimum absolute atomic E-state index is 0.285. The van der Waals surface area contributed by atoms with Crippen LogP contribution in [0.5, 0.6) is 0 Å². The topological polar surface area (TPSA) is 63.3 Å². The number of carbonyl (C=O) groups is 1. The summed E-state index contributed by atoms with van der Waals surface area (Å²) in [5.74, 6) is -1.36. The lowest BCUT2D eigenvalue weighted by atomic mass is 9.91. The van der Waals surface area contributed by atoms with Gasteiger partial charge in [0.15, 0.2) is 5.54 Å². The first-order valence-electron chi connectivity index (χ1n) is 4.16. The van der Waals surface area contributed by atoms with E-state index in [9.17, 15) is 9.18 Å². The van der Waals surface area contributed by atoms with Gasteiger partial charge in [0.1, 0.15) is 6.67 Å². The smallest absolute Gasteiger partial charge is 0.331 e. The van der Waals surface area contributed by atoms with Crippen LogP contribution >= 0.6 is 0 Å². The molecule has 1 unspecified atom stereocenters. The average molecular weight is 197 g/mol. The Morgan fingerprint density at radius 1 is 1.64 bits per heavy atom. The van der Waals surface area contributed by atoms with E-state index in [1.165, 1.54) is 6.07 Å². The average Bonchev–Trinajstić information content (AvgIpc) is 2.16. The number of nitrogens with two attached hydrogens (primary N) is 1. The minimum atomic E-state index is -1.92. The van der Waals surface area contributed by atoms with Crippen LogP contribution in [0.1, 0.15) is 11.1 Å². The fourth-order valence-corrected chi connectivity index (χ4v) is 1.18. The van der Waals surface area contributed by atoms with Crippen LogP contribution in [0.15, 0.2) is 24.3 Å². The van der Waals surface area contributed by atoms with E-state index in [-0.39, 0.29) is 5.56 Å². The van der Waals surface area contributed by atoms with Crippen molar-refractivity contribution >= 4 is 5.97 Å². The van der Waals surface area contributed by atoms with Crippen LogP contribution in [0.25, 0.3) is 0 Å². The Morgan fingerprint density at radius 2 is 2.29 bits per heavy atom. The van der Waals surface area contributed by atoms with Gasteiger partial charge in [-0.15, -0.1) is 0 Å². The summed E-state index contributed by atoms with van der Waals surface area (Å²) in [6, 6.07) is 6.54. The predicted molar refractivity (Wildman–Crippen MR) is 50.7 cm³/mol. The zero-order chi connectivity index (χ0) is 10.8. The van der Waals surface area contributed by atoms with Crippen LogP contribution in [0.3, 0.4) is 0 Å². The summed E-state index contributed by atoms with van der Waals surface area (Å²) in [6.07, 6.45) is 0. The van der Waals surface area contributed by atoms with Gasteiger partial charge in [-0.1, -0.05) is 29.8 Å². The number of rotatable bonds is 3. The first kappa shape index (κ1) is 10.7. The molecule has 14 heavy (non-hydrogen) atoms. The normalized spacial score (nSPS) is 14.8. The maximum absolute atomic E-state index is 12.6. The predicted octanol–water partition coefficient (Wildman–Crippen LogP) is 1.20. The fraction of sp³-hybridized carbons (Fsp3) is 0.300. The van der Waals surface area contributed by atoms with Gasteiger partial charge in [-0.2, -0.15) is 0 Å². The molecule has 0 bridgehead atoms. The van der Waals surface area contributed by atoms with Gasteiger partial charge in [-0.25, -0.2) is 9.18 Å². The third kappa shape index (κ3) is 1.75. The van der Waals surface area contributed by atoms with E-state index in [0.29, 0.717) is 0 Å². The van der Waals surface area contributed by atoms with Crippen molar-refractivity contribution in [1.82, 2.24) is 0 Å². The van der Waals surface area contributed by atoms with Crippen LogP contribution < -0.4 is 5.73 Å². The maximum atomic E-state index is 12.6. The molecule has 0 spiro atoms. The van der Waals surface area contributed by atoms with Crippen molar-refractivity contribution in [3.05, 3.63) is 35.4 Å². The molecular weight excluding hydrogens is 185 g/mol. The first-order chi connectivity index (χ1) is 6.50. The molecular formula is C10H12FNO2. The second-order valence-corrected chi connectivity index (χ2v) is 3.28. The summed E-state index contributed by atoms with van der Waals surface area (Å²) >= 11 is 0. The van der Waals surface area contributed by atoms with Gasteiger partial charge < -0.3 is 10.8 Å². The lowest BCUT2D eigenvalue weighted by molar-refractivity contribution is -0.144. The van der Waals surface area contributed by atoms with Gasteiger partial charge in [0.05, 0.1) is 0 Å². The Labute approximate surface area is 81.4 Å². The Kier molecular flexibility index (Phi) is 2.86. The van der Waals surface area contributed by atoms with Gasteiger partial charge in [-0.3, -0.25) is 0 Å². The Bertz CT molecular complexity index is 354. The molecule has 1 atom stereocenters. The van der Waals surface area contributed by atoms with Crippen LogP contribution in [0.4, 0.5) is 4.39 Å². The number of alkyl halides is 1. The van der Waals surface area contributed by atoms with Crippen molar-refractivity contribution < 1.29 is 14.3 Å². The summed E-state index contributed by atoms with van der Waals surface area (Å²) in [5.41, 5.74) is 4.67. The van der Waals surface area contributed by atoms with Crippen molar-refractivity contribution in [2.45, 2.75) is 12.5 Å². The number of aliphatic carboxylic acids is 1. The molecule has 4 heteroatoms. The molecule has 0 saturated heterocycles. The number of halogens is 1. The number of carboxylic acids is 1. The number of hydrogen-bond acceptors (Lipinski definition) is 2. The minimum Gasteiger partial charge on any atom is -0.480 e. The third-order valence-electron chi connectivity index (χ3n) is 2.13. The van der Waals surface area contributed by atoms with E-state index in [0.717, 1.165) is 5.56 Å². The molecule has 0 radical (unpaired) electrons. The molecule has 3 N–H and O–H groups in total. The van der Waals surface area contributed by atoms with E-state index in [2.05, 4.69) is 0 Å². The molecule has 0 fully saturated rings. The lowest BCUT2D eigenvalue weighted by Gasteiger charge is -2.21. The summed E-state index contributed by atoms with van der Waals surface area (Å²) in [4.78, 5) is 10.8. The van der Waals surface area contributed by atoms with Gasteiger partial charge in [-0.05, 0) is 12.5 Å². The number of aryl methyl sites for hydroxylation is 1. The standard InChI is InChI=1S/C10H12FNO2/c1-7-3-2-4-8(5-7)10(12,6-11)9(13)14/h2-5H,6,12H2,1H3,(H,13,14). The molecule has 0 aromatic heterocycles. The highest BCUT2D eigenvalue weighted by atomic mass is 19.1. The molecule has 76 valence electrons. The highest BCUT2D eigenvalue weighted by molar-refractivity contribution is 5.80. The van der Waals surface area contributed by atoms with E-state index in [4.69, 9.17) is 10.8 Å². The van der Waals surface area contributed by atoms with Gasteiger partial charge in [0.2, 0.25) is 0 Å². The summed E-state index contributed by atoms with van der Waals surface area (Å²) in [7, 11) is 0. The molecule has 0 aliphatic rings.